The Morgan fingerprint density at radius 2 is 0.976 bits per heavy atom. The molecule has 0 saturated heterocycles. The Morgan fingerprint density at radius 3 is 1.49 bits per heavy atom. The first kappa shape index (κ1) is 33.4. The maximum absolute atomic E-state index is 6.01. The molecule has 0 bridgehead atoms. The van der Waals surface area contributed by atoms with Crippen LogP contribution in [0.2, 0.25) is 5.32 Å². The van der Waals surface area contributed by atoms with Crippen molar-refractivity contribution in [1.29, 1.82) is 0 Å². The third-order valence-electron chi connectivity index (χ3n) is 7.66. The number of unbranched alkanes of at least 4 members (excludes halogenated alkanes) is 16. The molecule has 0 saturated carbocycles. The van der Waals surface area contributed by atoms with E-state index >= 15 is 0 Å². The Kier molecular flexibility index (Phi) is 17.6. The fourth-order valence-corrected chi connectivity index (χ4v) is 6.96. The minimum atomic E-state index is 0.538. The van der Waals surface area contributed by atoms with Crippen LogP contribution >= 0.6 is 0 Å². The molecule has 0 aliphatic carbocycles. The second kappa shape index (κ2) is 21.6. The summed E-state index contributed by atoms with van der Waals surface area (Å²) in [6, 6.07) is 16.7. The molecule has 0 amide bonds. The van der Waals surface area contributed by atoms with Crippen molar-refractivity contribution in [3.05, 3.63) is 48.5 Å². The summed E-state index contributed by atoms with van der Waals surface area (Å²) in [5.74, 6) is 2.01. The average molecular weight is 626 g/mol. The third-order valence-corrected chi connectivity index (χ3v) is 9.97. The fourth-order valence-electron chi connectivity index (χ4n) is 5.05. The van der Waals surface area contributed by atoms with Gasteiger partial charge >= 0.3 is 192 Å². The van der Waals surface area contributed by atoms with Crippen LogP contribution in [0.3, 0.4) is 0 Å². The molecule has 226 valence electrons. The molecule has 0 aliphatic heterocycles. The van der Waals surface area contributed by atoms with E-state index in [-0.39, 0.29) is 0 Å². The normalized spacial score (nSPS) is 11.3. The summed E-state index contributed by atoms with van der Waals surface area (Å²) in [7, 11) is 0. The Hall–Kier alpha value is -2.10. The molecule has 1 heterocycles. The number of nitrogens with zero attached hydrogens (tertiary/aromatic N) is 2. The van der Waals surface area contributed by atoms with E-state index in [1.165, 1.54) is 119 Å². The van der Waals surface area contributed by atoms with Gasteiger partial charge in [0.05, 0.1) is 6.61 Å². The van der Waals surface area contributed by atoms with Crippen molar-refractivity contribution >= 4 is 19.4 Å². The van der Waals surface area contributed by atoms with Crippen molar-refractivity contribution in [2.24, 2.45) is 0 Å². The zero-order valence-corrected chi connectivity index (χ0v) is 27.6. The van der Waals surface area contributed by atoms with Crippen LogP contribution in [0, 0.1) is 0 Å². The molecule has 0 radical (unpaired) electrons. The van der Waals surface area contributed by atoms with Crippen LogP contribution in [0.25, 0.3) is 22.9 Å². The molecule has 0 N–H and O–H groups in total. The van der Waals surface area contributed by atoms with Gasteiger partial charge < -0.3 is 0 Å². The summed E-state index contributed by atoms with van der Waals surface area (Å²) in [4.78, 5) is 0. The number of hydrogen-bond acceptors (Lipinski definition) is 4. The SMILES string of the molecule is CCCCCCCCCCCC[Se]c1ccc(-c2nnc(-c3ccc(OCCCCCCCCCC)cc3)o2)cc1. The van der Waals surface area contributed by atoms with Gasteiger partial charge in [0.1, 0.15) is 0 Å². The fraction of sp³-hybridized carbons (Fsp3) is 0.611. The van der Waals surface area contributed by atoms with Gasteiger partial charge in [-0.05, 0) is 6.42 Å². The molecule has 0 fully saturated rings. The van der Waals surface area contributed by atoms with Gasteiger partial charge in [-0.15, -0.1) is 0 Å². The number of ether oxygens (including phenoxy) is 1. The van der Waals surface area contributed by atoms with Crippen molar-refractivity contribution in [2.45, 2.75) is 135 Å². The van der Waals surface area contributed by atoms with E-state index < -0.39 is 0 Å². The van der Waals surface area contributed by atoms with E-state index in [4.69, 9.17) is 9.15 Å². The van der Waals surface area contributed by atoms with Crippen molar-refractivity contribution in [3.8, 4) is 28.7 Å². The van der Waals surface area contributed by atoms with Crippen LogP contribution < -0.4 is 9.20 Å². The van der Waals surface area contributed by atoms with Gasteiger partial charge in [-0.3, -0.25) is 0 Å². The maximum atomic E-state index is 6.01. The molecule has 41 heavy (non-hydrogen) atoms. The number of rotatable bonds is 24. The standard InChI is InChI=1S/C36H54N2O2Se/c1-3-5-7-9-11-13-14-16-18-20-30-41-34-27-23-32(24-28-34)36-38-37-35(40-36)31-21-25-33(26-22-31)39-29-19-17-15-12-10-8-6-4-2/h21-28H,3-20,29-30H2,1-2H3. The first-order valence-corrected chi connectivity index (χ1v) is 18.7. The van der Waals surface area contributed by atoms with Crippen LogP contribution in [0.1, 0.15) is 129 Å². The number of aromatic nitrogens is 2. The molecule has 2 aromatic carbocycles. The summed E-state index contributed by atoms with van der Waals surface area (Å²) in [5, 5.41) is 9.92. The molecular weight excluding hydrogens is 571 g/mol. The zero-order chi connectivity index (χ0) is 28.8. The van der Waals surface area contributed by atoms with Gasteiger partial charge in [0.15, 0.2) is 0 Å². The second-order valence-electron chi connectivity index (χ2n) is 11.3. The second-order valence-corrected chi connectivity index (χ2v) is 13.8. The van der Waals surface area contributed by atoms with Crippen molar-refractivity contribution in [3.63, 3.8) is 0 Å². The minimum absolute atomic E-state index is 0.538. The van der Waals surface area contributed by atoms with Crippen molar-refractivity contribution in [1.82, 2.24) is 10.2 Å². The Bertz CT molecular complexity index is 1030. The van der Waals surface area contributed by atoms with E-state index in [9.17, 15) is 0 Å². The van der Waals surface area contributed by atoms with E-state index in [0.29, 0.717) is 26.7 Å². The van der Waals surface area contributed by atoms with Crippen LogP contribution in [0.5, 0.6) is 5.75 Å². The topological polar surface area (TPSA) is 48.2 Å². The Labute approximate surface area is 256 Å². The van der Waals surface area contributed by atoms with Crippen LogP contribution in [-0.2, 0) is 0 Å². The van der Waals surface area contributed by atoms with E-state index in [2.05, 4.69) is 48.3 Å². The Balaban J connectivity index is 1.30. The van der Waals surface area contributed by atoms with Gasteiger partial charge in [0.2, 0.25) is 0 Å². The first-order chi connectivity index (χ1) is 20.3. The summed E-state index contributed by atoms with van der Waals surface area (Å²) in [5.41, 5.74) is 1.90. The summed E-state index contributed by atoms with van der Waals surface area (Å²) in [6.45, 7) is 5.33. The van der Waals surface area contributed by atoms with Gasteiger partial charge in [-0.2, -0.15) is 0 Å². The Morgan fingerprint density at radius 1 is 0.537 bits per heavy atom. The van der Waals surface area contributed by atoms with Crippen LogP contribution in [-0.4, -0.2) is 31.8 Å². The molecular formula is C36H54N2O2Se. The van der Waals surface area contributed by atoms with E-state index in [0.717, 1.165) is 29.9 Å². The molecule has 0 unspecified atom stereocenters. The number of hydrogen-bond donors (Lipinski definition) is 0. The molecule has 1 aromatic heterocycles. The average Bonchev–Trinajstić information content (AvgIpc) is 3.50. The van der Waals surface area contributed by atoms with Crippen LogP contribution in [0.4, 0.5) is 0 Å². The van der Waals surface area contributed by atoms with E-state index in [1.807, 2.05) is 24.3 Å². The zero-order valence-electron chi connectivity index (χ0n) is 25.9. The summed E-state index contributed by atoms with van der Waals surface area (Å²) in [6.07, 6.45) is 24.5. The molecule has 4 nitrogen and oxygen atoms in total. The molecule has 3 aromatic rings. The molecule has 5 heteroatoms. The number of benzene rings is 2. The predicted molar refractivity (Wildman–Crippen MR) is 175 cm³/mol. The summed E-state index contributed by atoms with van der Waals surface area (Å²) < 4.78 is 13.4. The van der Waals surface area contributed by atoms with Crippen molar-refractivity contribution in [2.75, 3.05) is 6.61 Å². The van der Waals surface area contributed by atoms with Gasteiger partial charge in [-0.25, -0.2) is 0 Å². The third kappa shape index (κ3) is 14.1. The van der Waals surface area contributed by atoms with E-state index in [1.54, 1.807) is 0 Å². The van der Waals surface area contributed by atoms with Gasteiger partial charge in [-0.1, -0.05) is 51.9 Å². The predicted octanol–water partition coefficient (Wildman–Crippen LogP) is 10.6. The molecule has 0 spiro atoms. The molecule has 3 rings (SSSR count). The summed E-state index contributed by atoms with van der Waals surface area (Å²) >= 11 is 0.538. The monoisotopic (exact) mass is 626 g/mol. The molecule has 0 aliphatic rings. The van der Waals surface area contributed by atoms with Crippen molar-refractivity contribution < 1.29 is 9.15 Å². The quantitative estimate of drug-likeness (QED) is 0.0734. The van der Waals surface area contributed by atoms with Gasteiger partial charge in [0, 0.05) is 0 Å². The first-order valence-electron chi connectivity index (χ1n) is 16.6. The van der Waals surface area contributed by atoms with Gasteiger partial charge in [0.25, 0.3) is 0 Å². The molecule has 0 atom stereocenters. The van der Waals surface area contributed by atoms with Crippen LogP contribution in [0.15, 0.2) is 52.9 Å².